The van der Waals surface area contributed by atoms with E-state index in [1.165, 1.54) is 154 Å². The summed E-state index contributed by atoms with van der Waals surface area (Å²) in [5.41, 5.74) is 0. The van der Waals surface area contributed by atoms with Gasteiger partial charge >= 0.3 is 0 Å². The maximum Gasteiger partial charge on any atom is 0.249 e. The molecule has 0 unspecified atom stereocenters. The highest BCUT2D eigenvalue weighted by Crippen LogP contribution is 2.31. The first kappa shape index (κ1) is 66.0. The van der Waals surface area contributed by atoms with Crippen molar-refractivity contribution in [3.63, 3.8) is 0 Å². The molecule has 0 aromatic rings. The van der Waals surface area contributed by atoms with Gasteiger partial charge in [-0.2, -0.15) is 0 Å². The van der Waals surface area contributed by atoms with Crippen molar-refractivity contribution < 1.29 is 74.8 Å². The fraction of sp³-hybridized carbons (Fsp3) is 0.982. The number of rotatable bonds is 47. The summed E-state index contributed by atoms with van der Waals surface area (Å²) in [6.07, 6.45) is 19.7. The lowest BCUT2D eigenvalue weighted by Gasteiger charge is -2.43. The quantitative estimate of drug-likeness (QED) is 0.0277. The molecule has 16 nitrogen and oxygen atoms in total. The first-order chi connectivity index (χ1) is 34.4. The summed E-state index contributed by atoms with van der Waals surface area (Å²) in [6.45, 7) is 2.40. The van der Waals surface area contributed by atoms with Crippen molar-refractivity contribution in [1.29, 1.82) is 0 Å². The minimum atomic E-state index is -1.82. The molecule has 11 N–H and O–H groups in total. The van der Waals surface area contributed by atoms with Crippen LogP contribution in [0.3, 0.4) is 0 Å². The van der Waals surface area contributed by atoms with Crippen molar-refractivity contribution in [2.45, 2.75) is 324 Å². The molecule has 16 heteroatoms. The average Bonchev–Trinajstić information content (AvgIpc) is 3.65. The number of nitrogens with one attached hydrogen (secondary N) is 1. The SMILES string of the molecule is CCCCCCCCCCCCCCCCCCCCC[C@@H](O)C(=O)N[C@@H](CO[C@H]1O[C@H](CO)[C@H](O)[C@H](O[C@@H]2O[C@@H]([C@H](O)CO)[C@H](O)[C@H]2O)[C@H]1O)[C@H](O)[C@H](O)CCCCCCCCCCCCCCCC. The average molecular weight is 1020 g/mol. The molecule has 422 valence electrons. The van der Waals surface area contributed by atoms with Crippen LogP contribution >= 0.6 is 0 Å². The first-order valence-electron chi connectivity index (χ1n) is 29.0. The van der Waals surface area contributed by atoms with Gasteiger partial charge in [-0.3, -0.25) is 4.79 Å². The Morgan fingerprint density at radius 2 is 0.915 bits per heavy atom. The molecular weight excluding hydrogens is 915 g/mol. The van der Waals surface area contributed by atoms with E-state index in [1.807, 2.05) is 0 Å². The van der Waals surface area contributed by atoms with E-state index in [2.05, 4.69) is 19.2 Å². The Balaban J connectivity index is 1.86. The molecule has 2 aliphatic heterocycles. The maximum atomic E-state index is 13.4. The third-order valence-electron chi connectivity index (χ3n) is 14.7. The fourth-order valence-corrected chi connectivity index (χ4v) is 9.95. The van der Waals surface area contributed by atoms with E-state index < -0.39 is 111 Å². The summed E-state index contributed by atoms with van der Waals surface area (Å²) < 4.78 is 22.6. The highest BCUT2D eigenvalue weighted by atomic mass is 16.7. The van der Waals surface area contributed by atoms with Crippen LogP contribution in [0.25, 0.3) is 0 Å². The molecule has 0 aliphatic carbocycles. The zero-order chi connectivity index (χ0) is 52.1. The Hall–Kier alpha value is -1.09. The van der Waals surface area contributed by atoms with Crippen molar-refractivity contribution in [1.82, 2.24) is 5.32 Å². The van der Waals surface area contributed by atoms with E-state index in [0.717, 1.165) is 44.9 Å². The van der Waals surface area contributed by atoms with Gasteiger partial charge in [0.05, 0.1) is 32.0 Å². The Labute approximate surface area is 429 Å². The van der Waals surface area contributed by atoms with Gasteiger partial charge in [-0.15, -0.1) is 0 Å². The zero-order valence-corrected chi connectivity index (χ0v) is 44.5. The molecule has 0 aromatic carbocycles. The lowest BCUT2D eigenvalue weighted by molar-refractivity contribution is -0.332. The molecule has 0 saturated carbocycles. The molecule has 0 aromatic heterocycles. The van der Waals surface area contributed by atoms with Crippen LogP contribution in [0, 0.1) is 0 Å². The Morgan fingerprint density at radius 1 is 0.507 bits per heavy atom. The zero-order valence-electron chi connectivity index (χ0n) is 44.5. The molecule has 0 spiro atoms. The van der Waals surface area contributed by atoms with Crippen LogP contribution in [0.4, 0.5) is 0 Å². The second-order valence-corrected chi connectivity index (χ2v) is 21.1. The smallest absolute Gasteiger partial charge is 0.249 e. The molecule has 2 aliphatic rings. The summed E-state index contributed by atoms with van der Waals surface area (Å²) in [6, 6.07) is -1.28. The minimum Gasteiger partial charge on any atom is -0.394 e. The lowest BCUT2D eigenvalue weighted by Crippen LogP contribution is -2.62. The first-order valence-corrected chi connectivity index (χ1v) is 29.0. The van der Waals surface area contributed by atoms with Gasteiger partial charge in [-0.1, -0.05) is 226 Å². The Kier molecular flexibility index (Phi) is 39.1. The molecule has 0 bridgehead atoms. The second-order valence-electron chi connectivity index (χ2n) is 21.1. The number of hydrogen-bond donors (Lipinski definition) is 11. The fourth-order valence-electron chi connectivity index (χ4n) is 9.95. The highest BCUT2D eigenvalue weighted by molar-refractivity contribution is 5.80. The van der Waals surface area contributed by atoms with Crippen LogP contribution in [-0.4, -0.2) is 163 Å². The molecule has 2 fully saturated rings. The third kappa shape index (κ3) is 28.0. The summed E-state index contributed by atoms with van der Waals surface area (Å²) in [7, 11) is 0. The van der Waals surface area contributed by atoms with Gasteiger partial charge in [0.2, 0.25) is 5.91 Å². The summed E-state index contributed by atoms with van der Waals surface area (Å²) in [5.74, 6) is -0.760. The predicted octanol–water partition coefficient (Wildman–Crippen LogP) is 6.89. The molecule has 2 rings (SSSR count). The van der Waals surface area contributed by atoms with Gasteiger partial charge in [0, 0.05) is 0 Å². The van der Waals surface area contributed by atoms with E-state index in [1.54, 1.807) is 0 Å². The largest absolute Gasteiger partial charge is 0.394 e. The number of carbonyl (C=O) groups is 1. The van der Waals surface area contributed by atoms with Crippen LogP contribution in [0.1, 0.15) is 239 Å². The molecule has 71 heavy (non-hydrogen) atoms. The third-order valence-corrected chi connectivity index (χ3v) is 14.7. The molecule has 2 heterocycles. The van der Waals surface area contributed by atoms with E-state index in [4.69, 9.17) is 18.9 Å². The van der Waals surface area contributed by atoms with Crippen LogP contribution in [-0.2, 0) is 23.7 Å². The van der Waals surface area contributed by atoms with Gasteiger partial charge in [-0.05, 0) is 12.8 Å². The normalized spacial score (nSPS) is 25.8. The van der Waals surface area contributed by atoms with E-state index in [0.29, 0.717) is 12.8 Å². The number of carbonyl (C=O) groups excluding carboxylic acids is 1. The Morgan fingerprint density at radius 3 is 1.32 bits per heavy atom. The Bertz CT molecular complexity index is 1240. The molecular formula is C55H107NO15. The monoisotopic (exact) mass is 1020 g/mol. The van der Waals surface area contributed by atoms with Gasteiger partial charge in [-0.25, -0.2) is 0 Å². The second kappa shape index (κ2) is 42.1. The van der Waals surface area contributed by atoms with Crippen LogP contribution < -0.4 is 5.32 Å². The van der Waals surface area contributed by atoms with Gasteiger partial charge < -0.3 is 75.3 Å². The number of amides is 1. The highest BCUT2D eigenvalue weighted by Gasteiger charge is 2.52. The minimum absolute atomic E-state index is 0.204. The van der Waals surface area contributed by atoms with Crippen LogP contribution in [0.15, 0.2) is 0 Å². The number of ether oxygens (including phenoxy) is 4. The van der Waals surface area contributed by atoms with Crippen molar-refractivity contribution in [3.05, 3.63) is 0 Å². The number of aliphatic hydroxyl groups is 10. The van der Waals surface area contributed by atoms with Gasteiger partial charge in [0.25, 0.3) is 0 Å². The lowest BCUT2D eigenvalue weighted by atomic mass is 9.98. The molecule has 1 amide bonds. The van der Waals surface area contributed by atoms with Crippen molar-refractivity contribution in [3.8, 4) is 0 Å². The van der Waals surface area contributed by atoms with Crippen LogP contribution in [0.2, 0.25) is 0 Å². The van der Waals surface area contributed by atoms with Gasteiger partial charge in [0.15, 0.2) is 12.6 Å². The predicted molar refractivity (Wildman–Crippen MR) is 275 cm³/mol. The van der Waals surface area contributed by atoms with Crippen LogP contribution in [0.5, 0.6) is 0 Å². The standard InChI is InChI=1S/C55H107NO15/c1-3-5-7-9-11-13-15-17-19-20-21-22-23-25-27-29-31-33-35-37-43(60)53(67)56-41(46(62)42(59)36-34-32-30-28-26-24-18-16-14-12-10-8-6-4-2)40-68-54-50(66)52(47(63)45(39-58)69-54)71-55-49(65)48(64)51(70-55)44(61)38-57/h41-52,54-55,57-66H,3-40H2,1-2H3,(H,56,67)/t41-,42+,43+,44+,45+,46-,47-,48+,49+,50+,51-,52-,54-,55-/m0/s1. The molecule has 14 atom stereocenters. The van der Waals surface area contributed by atoms with Crippen molar-refractivity contribution in [2.24, 2.45) is 0 Å². The number of unbranched alkanes of at least 4 members (excludes halogenated alkanes) is 31. The maximum absolute atomic E-state index is 13.4. The summed E-state index contributed by atoms with van der Waals surface area (Å²) in [4.78, 5) is 13.4. The van der Waals surface area contributed by atoms with E-state index in [9.17, 15) is 55.9 Å². The summed E-state index contributed by atoms with van der Waals surface area (Å²) >= 11 is 0. The number of hydrogen-bond acceptors (Lipinski definition) is 15. The summed E-state index contributed by atoms with van der Waals surface area (Å²) in [5, 5.41) is 109. The molecule has 0 radical (unpaired) electrons. The van der Waals surface area contributed by atoms with Gasteiger partial charge in [0.1, 0.15) is 61.0 Å². The molecule has 2 saturated heterocycles. The number of aliphatic hydroxyl groups excluding tert-OH is 10. The van der Waals surface area contributed by atoms with Crippen molar-refractivity contribution in [2.75, 3.05) is 19.8 Å². The topological polar surface area (TPSA) is 268 Å². The van der Waals surface area contributed by atoms with Crippen molar-refractivity contribution >= 4 is 5.91 Å². The van der Waals surface area contributed by atoms with E-state index >= 15 is 0 Å². The van der Waals surface area contributed by atoms with E-state index in [-0.39, 0.29) is 12.8 Å².